The zero-order valence-corrected chi connectivity index (χ0v) is 14.2. The van der Waals surface area contributed by atoms with Gasteiger partial charge in [0.2, 0.25) is 15.9 Å². The molecule has 0 aromatic heterocycles. The van der Waals surface area contributed by atoms with Crippen LogP contribution in [0.3, 0.4) is 0 Å². The Morgan fingerprint density at radius 1 is 1.14 bits per heavy atom. The molecule has 1 aliphatic heterocycles. The number of sulfonamides is 1. The molecule has 0 aliphatic carbocycles. The lowest BCUT2D eigenvalue weighted by molar-refractivity contribution is -0.131. The van der Waals surface area contributed by atoms with E-state index in [1.165, 1.54) is 4.31 Å². The number of hydrogen-bond donors (Lipinski definition) is 1. The maximum absolute atomic E-state index is 12.4. The third-order valence-electron chi connectivity index (χ3n) is 3.50. The van der Waals surface area contributed by atoms with Gasteiger partial charge in [-0.1, -0.05) is 30.3 Å². The minimum atomic E-state index is -3.32. The minimum Gasteiger partial charge on any atom is -0.339 e. The molecular weight excluding hydrogens is 326 g/mol. The first-order valence-electron chi connectivity index (χ1n) is 6.97. The van der Waals surface area contributed by atoms with E-state index >= 15 is 0 Å². The number of likely N-dealkylation sites (N-methyl/N-ethyl adjacent to an activating group) is 1. The Morgan fingerprint density at radius 2 is 1.73 bits per heavy atom. The van der Waals surface area contributed by atoms with Crippen LogP contribution >= 0.6 is 12.4 Å². The minimum absolute atomic E-state index is 0. The molecule has 0 spiro atoms. The Morgan fingerprint density at radius 3 is 2.27 bits per heavy atom. The van der Waals surface area contributed by atoms with Crippen LogP contribution in [0.4, 0.5) is 0 Å². The van der Waals surface area contributed by atoms with Crippen LogP contribution in [0.5, 0.6) is 0 Å². The van der Waals surface area contributed by atoms with Crippen LogP contribution in [0.2, 0.25) is 0 Å². The lowest BCUT2D eigenvalue weighted by Gasteiger charge is -2.34. The average Bonchev–Trinajstić information content (AvgIpc) is 2.48. The molecule has 124 valence electrons. The topological polar surface area (TPSA) is 69.7 Å². The van der Waals surface area contributed by atoms with Crippen LogP contribution in [0.25, 0.3) is 0 Å². The van der Waals surface area contributed by atoms with Gasteiger partial charge in [0.25, 0.3) is 0 Å². The summed E-state index contributed by atoms with van der Waals surface area (Å²) in [6.07, 6.45) is 0. The number of carbonyl (C=O) groups is 1. The molecule has 6 nitrogen and oxygen atoms in total. The van der Waals surface area contributed by atoms with E-state index in [0.29, 0.717) is 26.2 Å². The Kier molecular flexibility index (Phi) is 7.28. The van der Waals surface area contributed by atoms with Crippen molar-refractivity contribution >= 4 is 28.3 Å². The van der Waals surface area contributed by atoms with Gasteiger partial charge >= 0.3 is 0 Å². The van der Waals surface area contributed by atoms with Crippen molar-refractivity contribution in [2.75, 3.05) is 39.8 Å². The first-order valence-corrected chi connectivity index (χ1v) is 8.58. The average molecular weight is 348 g/mol. The van der Waals surface area contributed by atoms with Gasteiger partial charge in [0.1, 0.15) is 0 Å². The monoisotopic (exact) mass is 347 g/mol. The standard InChI is InChI=1S/C14H21N3O3S.ClH/c1-15-11-14(18)16-7-9-17(10-8-16)21(19,20)12-13-5-3-2-4-6-13;/h2-6,15H,7-12H2,1H3;1H. The van der Waals surface area contributed by atoms with Crippen LogP contribution in [0.15, 0.2) is 30.3 Å². The Labute approximate surface area is 137 Å². The molecule has 1 amide bonds. The summed E-state index contributed by atoms with van der Waals surface area (Å²) in [7, 11) is -1.60. The lowest BCUT2D eigenvalue weighted by Crippen LogP contribution is -2.52. The second-order valence-corrected chi connectivity index (χ2v) is 7.02. The van der Waals surface area contributed by atoms with Crippen molar-refractivity contribution in [3.63, 3.8) is 0 Å². The van der Waals surface area contributed by atoms with E-state index in [2.05, 4.69) is 5.32 Å². The summed E-state index contributed by atoms with van der Waals surface area (Å²) in [6.45, 7) is 1.93. The molecule has 0 bridgehead atoms. The molecule has 8 heteroatoms. The van der Waals surface area contributed by atoms with Crippen molar-refractivity contribution < 1.29 is 13.2 Å². The fourth-order valence-corrected chi connectivity index (χ4v) is 3.87. The maximum Gasteiger partial charge on any atom is 0.236 e. The highest BCUT2D eigenvalue weighted by Crippen LogP contribution is 2.13. The van der Waals surface area contributed by atoms with Crippen molar-refractivity contribution in [1.82, 2.24) is 14.5 Å². The normalized spacial score (nSPS) is 16.1. The number of piperazine rings is 1. The van der Waals surface area contributed by atoms with Crippen molar-refractivity contribution in [1.29, 1.82) is 0 Å². The molecule has 1 aliphatic rings. The van der Waals surface area contributed by atoms with Gasteiger partial charge in [-0.3, -0.25) is 4.79 Å². The van der Waals surface area contributed by atoms with Gasteiger partial charge in [0, 0.05) is 26.2 Å². The molecule has 22 heavy (non-hydrogen) atoms. The first kappa shape index (κ1) is 18.9. The van der Waals surface area contributed by atoms with Gasteiger partial charge in [0.15, 0.2) is 0 Å². The molecule has 1 aromatic carbocycles. The van der Waals surface area contributed by atoms with Crippen LogP contribution in [0, 0.1) is 0 Å². The number of halogens is 1. The number of amides is 1. The fraction of sp³-hybridized carbons (Fsp3) is 0.500. The SMILES string of the molecule is CNCC(=O)N1CCN(S(=O)(=O)Cc2ccccc2)CC1.Cl. The molecule has 1 saturated heterocycles. The first-order chi connectivity index (χ1) is 10.0. The molecular formula is C14H22ClN3O3S. The van der Waals surface area contributed by atoms with Gasteiger partial charge in [-0.05, 0) is 12.6 Å². The van der Waals surface area contributed by atoms with Crippen LogP contribution in [-0.4, -0.2) is 63.3 Å². The second-order valence-electron chi connectivity index (χ2n) is 5.05. The molecule has 1 N–H and O–H groups in total. The van der Waals surface area contributed by atoms with E-state index in [-0.39, 0.29) is 30.6 Å². The van der Waals surface area contributed by atoms with Crippen molar-refractivity contribution in [2.45, 2.75) is 5.75 Å². The zero-order chi connectivity index (χ0) is 15.3. The number of benzene rings is 1. The largest absolute Gasteiger partial charge is 0.339 e. The molecule has 1 fully saturated rings. The van der Waals surface area contributed by atoms with Gasteiger partial charge in [0.05, 0.1) is 12.3 Å². The molecule has 0 atom stereocenters. The quantitative estimate of drug-likeness (QED) is 0.832. The Bertz CT molecular complexity index is 572. The van der Waals surface area contributed by atoms with E-state index in [9.17, 15) is 13.2 Å². The Balaban J connectivity index is 0.00000242. The predicted octanol–water partition coefficient (Wildman–Crippen LogP) is 0.302. The molecule has 0 radical (unpaired) electrons. The lowest BCUT2D eigenvalue weighted by atomic mass is 10.2. The van der Waals surface area contributed by atoms with Gasteiger partial charge in [-0.15, -0.1) is 12.4 Å². The second kappa shape index (κ2) is 8.47. The summed E-state index contributed by atoms with van der Waals surface area (Å²) < 4.78 is 26.2. The van der Waals surface area contributed by atoms with E-state index in [1.54, 1.807) is 11.9 Å². The van der Waals surface area contributed by atoms with Crippen molar-refractivity contribution in [3.05, 3.63) is 35.9 Å². The summed E-state index contributed by atoms with van der Waals surface area (Å²) >= 11 is 0. The Hall–Kier alpha value is -1.15. The third-order valence-corrected chi connectivity index (χ3v) is 5.35. The summed E-state index contributed by atoms with van der Waals surface area (Å²) in [6, 6.07) is 9.15. The van der Waals surface area contributed by atoms with Crippen LogP contribution in [-0.2, 0) is 20.6 Å². The highest BCUT2D eigenvalue weighted by Gasteiger charge is 2.28. The van der Waals surface area contributed by atoms with E-state index < -0.39 is 10.0 Å². The van der Waals surface area contributed by atoms with Gasteiger partial charge in [-0.2, -0.15) is 4.31 Å². The third kappa shape index (κ3) is 4.95. The maximum atomic E-state index is 12.4. The van der Waals surface area contributed by atoms with E-state index in [1.807, 2.05) is 30.3 Å². The summed E-state index contributed by atoms with van der Waals surface area (Å²) in [5.74, 6) is 0.0239. The number of rotatable bonds is 5. The fourth-order valence-electron chi connectivity index (χ4n) is 2.35. The number of nitrogens with one attached hydrogen (secondary N) is 1. The summed E-state index contributed by atoms with van der Waals surface area (Å²) in [5.41, 5.74) is 0.784. The molecule has 0 unspecified atom stereocenters. The smallest absolute Gasteiger partial charge is 0.236 e. The molecule has 2 rings (SSSR count). The van der Waals surface area contributed by atoms with Gasteiger partial charge in [-0.25, -0.2) is 8.42 Å². The van der Waals surface area contributed by atoms with Crippen LogP contribution < -0.4 is 5.32 Å². The highest BCUT2D eigenvalue weighted by molar-refractivity contribution is 7.88. The van der Waals surface area contributed by atoms with Crippen molar-refractivity contribution in [2.24, 2.45) is 0 Å². The number of nitrogens with zero attached hydrogens (tertiary/aromatic N) is 2. The molecule has 1 aromatic rings. The van der Waals surface area contributed by atoms with Crippen molar-refractivity contribution in [3.8, 4) is 0 Å². The highest BCUT2D eigenvalue weighted by atomic mass is 35.5. The molecule has 0 saturated carbocycles. The molecule has 1 heterocycles. The van der Waals surface area contributed by atoms with E-state index in [4.69, 9.17) is 0 Å². The summed E-state index contributed by atoms with van der Waals surface area (Å²) in [5, 5.41) is 2.82. The predicted molar refractivity (Wildman–Crippen MR) is 88.4 cm³/mol. The van der Waals surface area contributed by atoms with Crippen LogP contribution in [0.1, 0.15) is 5.56 Å². The van der Waals surface area contributed by atoms with E-state index in [0.717, 1.165) is 5.56 Å². The number of carbonyl (C=O) groups excluding carboxylic acids is 1. The van der Waals surface area contributed by atoms with Gasteiger partial charge < -0.3 is 10.2 Å². The number of hydrogen-bond acceptors (Lipinski definition) is 4. The zero-order valence-electron chi connectivity index (χ0n) is 12.6. The summed E-state index contributed by atoms with van der Waals surface area (Å²) in [4.78, 5) is 13.4.